The van der Waals surface area contributed by atoms with Crippen molar-refractivity contribution in [3.05, 3.63) is 35.4 Å². The van der Waals surface area contributed by atoms with Crippen molar-refractivity contribution >= 4 is 18.3 Å². The van der Waals surface area contributed by atoms with Gasteiger partial charge in [0.05, 0.1) is 0 Å². The number of carbonyl (C=O) groups is 1. The SMILES string of the molecule is Cc1ccc(C(C)CNC(=O)C(C)C2CNC2)cc1.Cl. The Balaban J connectivity index is 0.00000200. The molecule has 1 heterocycles. The first-order valence-corrected chi connectivity index (χ1v) is 7.13. The van der Waals surface area contributed by atoms with Crippen LogP contribution < -0.4 is 10.6 Å². The van der Waals surface area contributed by atoms with Crippen LogP contribution in [-0.2, 0) is 4.79 Å². The van der Waals surface area contributed by atoms with Gasteiger partial charge >= 0.3 is 0 Å². The standard InChI is InChI=1S/C16H24N2O.ClH/c1-11-4-6-14(7-5-11)12(2)8-18-16(19)13(3)15-9-17-10-15;/h4-7,12-13,15,17H,8-10H2,1-3H3,(H,18,19);1H. The molecule has 1 aromatic carbocycles. The second-order valence-corrected chi connectivity index (χ2v) is 5.76. The summed E-state index contributed by atoms with van der Waals surface area (Å²) >= 11 is 0. The Bertz CT molecular complexity index is 429. The molecule has 1 amide bonds. The number of hydrogen-bond acceptors (Lipinski definition) is 2. The summed E-state index contributed by atoms with van der Waals surface area (Å²) in [5.41, 5.74) is 2.55. The topological polar surface area (TPSA) is 41.1 Å². The van der Waals surface area contributed by atoms with E-state index >= 15 is 0 Å². The number of rotatable bonds is 5. The lowest BCUT2D eigenvalue weighted by Gasteiger charge is -2.32. The lowest BCUT2D eigenvalue weighted by atomic mass is 9.88. The first-order chi connectivity index (χ1) is 9.08. The molecule has 0 radical (unpaired) electrons. The monoisotopic (exact) mass is 296 g/mol. The Morgan fingerprint density at radius 1 is 1.30 bits per heavy atom. The fraction of sp³-hybridized carbons (Fsp3) is 0.562. The van der Waals surface area contributed by atoms with Crippen LogP contribution in [0.5, 0.6) is 0 Å². The summed E-state index contributed by atoms with van der Waals surface area (Å²) in [5, 5.41) is 6.29. The summed E-state index contributed by atoms with van der Waals surface area (Å²) in [6.07, 6.45) is 0. The molecule has 0 spiro atoms. The van der Waals surface area contributed by atoms with E-state index in [4.69, 9.17) is 0 Å². The highest BCUT2D eigenvalue weighted by Crippen LogP contribution is 2.17. The maximum absolute atomic E-state index is 12.0. The molecule has 1 saturated heterocycles. The predicted molar refractivity (Wildman–Crippen MR) is 85.4 cm³/mol. The Hall–Kier alpha value is -1.06. The molecule has 1 aliphatic rings. The van der Waals surface area contributed by atoms with Gasteiger partial charge in [-0.2, -0.15) is 0 Å². The zero-order valence-electron chi connectivity index (χ0n) is 12.5. The lowest BCUT2D eigenvalue weighted by Crippen LogP contribution is -2.49. The summed E-state index contributed by atoms with van der Waals surface area (Å²) in [6.45, 7) is 8.93. The van der Waals surface area contributed by atoms with E-state index in [0.717, 1.165) is 13.1 Å². The number of amides is 1. The largest absolute Gasteiger partial charge is 0.355 e. The van der Waals surface area contributed by atoms with Crippen LogP contribution in [0, 0.1) is 18.8 Å². The second kappa shape index (κ2) is 7.65. The quantitative estimate of drug-likeness (QED) is 0.876. The van der Waals surface area contributed by atoms with Gasteiger partial charge in [-0.3, -0.25) is 4.79 Å². The van der Waals surface area contributed by atoms with Crippen LogP contribution in [-0.4, -0.2) is 25.5 Å². The maximum atomic E-state index is 12.0. The molecule has 2 N–H and O–H groups in total. The minimum atomic E-state index is 0. The summed E-state index contributed by atoms with van der Waals surface area (Å²) in [7, 11) is 0. The van der Waals surface area contributed by atoms with Crippen molar-refractivity contribution in [2.24, 2.45) is 11.8 Å². The maximum Gasteiger partial charge on any atom is 0.223 e. The van der Waals surface area contributed by atoms with E-state index < -0.39 is 0 Å². The zero-order chi connectivity index (χ0) is 13.8. The molecule has 3 nitrogen and oxygen atoms in total. The second-order valence-electron chi connectivity index (χ2n) is 5.76. The molecule has 2 atom stereocenters. The van der Waals surface area contributed by atoms with Crippen LogP contribution in [0.4, 0.5) is 0 Å². The first kappa shape index (κ1) is 17.0. The van der Waals surface area contributed by atoms with Crippen LogP contribution in [0.15, 0.2) is 24.3 Å². The number of hydrogen-bond donors (Lipinski definition) is 2. The van der Waals surface area contributed by atoms with Crippen LogP contribution in [0.25, 0.3) is 0 Å². The number of carbonyl (C=O) groups excluding carboxylic acids is 1. The molecule has 1 aromatic rings. The molecule has 0 aliphatic carbocycles. The summed E-state index contributed by atoms with van der Waals surface area (Å²) in [6, 6.07) is 8.53. The summed E-state index contributed by atoms with van der Waals surface area (Å²) < 4.78 is 0. The Morgan fingerprint density at radius 3 is 2.40 bits per heavy atom. The van der Waals surface area contributed by atoms with Crippen LogP contribution in [0.1, 0.15) is 30.9 Å². The van der Waals surface area contributed by atoms with Gasteiger partial charge in [0.1, 0.15) is 0 Å². The van der Waals surface area contributed by atoms with Gasteiger partial charge in [0.25, 0.3) is 0 Å². The van der Waals surface area contributed by atoms with Crippen molar-refractivity contribution in [1.82, 2.24) is 10.6 Å². The Morgan fingerprint density at radius 2 is 1.90 bits per heavy atom. The highest BCUT2D eigenvalue weighted by molar-refractivity contribution is 5.85. The number of nitrogens with one attached hydrogen (secondary N) is 2. The van der Waals surface area contributed by atoms with Crippen LogP contribution >= 0.6 is 12.4 Å². The van der Waals surface area contributed by atoms with Gasteiger partial charge in [0.2, 0.25) is 5.91 Å². The molecule has 112 valence electrons. The molecule has 0 aromatic heterocycles. The van der Waals surface area contributed by atoms with Gasteiger partial charge in [-0.1, -0.05) is 43.7 Å². The van der Waals surface area contributed by atoms with Gasteiger partial charge in [0.15, 0.2) is 0 Å². The van der Waals surface area contributed by atoms with Crippen LogP contribution in [0.2, 0.25) is 0 Å². The van der Waals surface area contributed by atoms with Crippen molar-refractivity contribution < 1.29 is 4.79 Å². The van der Waals surface area contributed by atoms with E-state index in [9.17, 15) is 4.79 Å². The Kier molecular flexibility index (Phi) is 6.50. The molecule has 2 unspecified atom stereocenters. The van der Waals surface area contributed by atoms with E-state index in [-0.39, 0.29) is 24.2 Å². The molecule has 0 bridgehead atoms. The Labute approximate surface area is 127 Å². The van der Waals surface area contributed by atoms with Gasteiger partial charge in [-0.15, -0.1) is 12.4 Å². The molecule has 2 rings (SSSR count). The minimum Gasteiger partial charge on any atom is -0.355 e. The number of halogens is 1. The lowest BCUT2D eigenvalue weighted by molar-refractivity contribution is -0.126. The summed E-state index contributed by atoms with van der Waals surface area (Å²) in [4.78, 5) is 12.0. The fourth-order valence-corrected chi connectivity index (χ4v) is 2.31. The average Bonchev–Trinajstić information content (AvgIpc) is 2.34. The normalized spacial score (nSPS) is 17.6. The van der Waals surface area contributed by atoms with Gasteiger partial charge in [0, 0.05) is 12.5 Å². The smallest absolute Gasteiger partial charge is 0.223 e. The first-order valence-electron chi connectivity index (χ1n) is 7.13. The van der Waals surface area contributed by atoms with Crippen molar-refractivity contribution in [3.8, 4) is 0 Å². The molecule has 1 aliphatic heterocycles. The average molecular weight is 297 g/mol. The third kappa shape index (κ3) is 4.22. The van der Waals surface area contributed by atoms with E-state index in [1.54, 1.807) is 0 Å². The van der Waals surface area contributed by atoms with Crippen molar-refractivity contribution in [2.75, 3.05) is 19.6 Å². The third-order valence-corrected chi connectivity index (χ3v) is 4.16. The van der Waals surface area contributed by atoms with Crippen molar-refractivity contribution in [2.45, 2.75) is 26.7 Å². The molecule has 4 heteroatoms. The molecule has 20 heavy (non-hydrogen) atoms. The fourth-order valence-electron chi connectivity index (χ4n) is 2.31. The van der Waals surface area contributed by atoms with Gasteiger partial charge < -0.3 is 10.6 Å². The minimum absolute atomic E-state index is 0. The van der Waals surface area contributed by atoms with Gasteiger partial charge in [-0.25, -0.2) is 0 Å². The van der Waals surface area contributed by atoms with Crippen molar-refractivity contribution in [3.63, 3.8) is 0 Å². The number of aryl methyl sites for hydroxylation is 1. The van der Waals surface area contributed by atoms with E-state index in [2.05, 4.69) is 48.7 Å². The summed E-state index contributed by atoms with van der Waals surface area (Å²) in [5.74, 6) is 1.17. The van der Waals surface area contributed by atoms with E-state index in [1.165, 1.54) is 11.1 Å². The number of benzene rings is 1. The predicted octanol–water partition coefficient (Wildman–Crippen LogP) is 2.49. The molecular weight excluding hydrogens is 272 g/mol. The highest BCUT2D eigenvalue weighted by atomic mass is 35.5. The van der Waals surface area contributed by atoms with E-state index in [0.29, 0.717) is 18.4 Å². The zero-order valence-corrected chi connectivity index (χ0v) is 13.3. The molecule has 0 saturated carbocycles. The molecule has 1 fully saturated rings. The van der Waals surface area contributed by atoms with Crippen LogP contribution in [0.3, 0.4) is 0 Å². The molecular formula is C16H25ClN2O. The van der Waals surface area contributed by atoms with Gasteiger partial charge in [-0.05, 0) is 37.4 Å². The van der Waals surface area contributed by atoms with Crippen molar-refractivity contribution in [1.29, 1.82) is 0 Å². The highest BCUT2D eigenvalue weighted by Gasteiger charge is 2.28. The van der Waals surface area contributed by atoms with E-state index in [1.807, 2.05) is 6.92 Å². The third-order valence-electron chi connectivity index (χ3n) is 4.16.